The van der Waals surface area contributed by atoms with Crippen molar-refractivity contribution in [3.8, 4) is 0 Å². The Morgan fingerprint density at radius 3 is 2.94 bits per heavy atom. The van der Waals surface area contributed by atoms with E-state index in [0.29, 0.717) is 11.3 Å². The van der Waals surface area contributed by atoms with E-state index in [2.05, 4.69) is 65.1 Å². The van der Waals surface area contributed by atoms with Crippen LogP contribution in [0.4, 0.5) is 5.69 Å². The molecule has 2 atom stereocenters. The monoisotopic (exact) mass is 299 g/mol. The summed E-state index contributed by atoms with van der Waals surface area (Å²) in [5.41, 5.74) is 2.52. The molecule has 0 bridgehead atoms. The standard InChI is InChI=1S/C13H18BrNS/c1-9-5-6-11(8-12(9)14)15-13-4-3-7-16-10(13)2/h5-6,8,10,13,15H,3-4,7H2,1-2H3. The molecule has 0 spiro atoms. The molecule has 1 nitrogen and oxygen atoms in total. The molecule has 1 aliphatic rings. The first kappa shape index (κ1) is 12.3. The molecule has 0 aromatic heterocycles. The van der Waals surface area contributed by atoms with Crippen molar-refractivity contribution >= 4 is 33.4 Å². The van der Waals surface area contributed by atoms with Gasteiger partial charge in [0.2, 0.25) is 0 Å². The predicted octanol–water partition coefficient (Wildman–Crippen LogP) is 4.45. The maximum absolute atomic E-state index is 3.65. The van der Waals surface area contributed by atoms with E-state index in [1.807, 2.05) is 0 Å². The van der Waals surface area contributed by atoms with Crippen LogP contribution in [0.25, 0.3) is 0 Å². The third-order valence-electron chi connectivity index (χ3n) is 3.13. The Morgan fingerprint density at radius 1 is 1.44 bits per heavy atom. The Balaban J connectivity index is 2.05. The Labute approximate surface area is 111 Å². The highest BCUT2D eigenvalue weighted by molar-refractivity contribution is 9.10. The fourth-order valence-electron chi connectivity index (χ4n) is 2.01. The lowest BCUT2D eigenvalue weighted by Crippen LogP contribution is -2.32. The topological polar surface area (TPSA) is 12.0 Å². The molecule has 1 fully saturated rings. The lowest BCUT2D eigenvalue weighted by molar-refractivity contribution is 0.617. The maximum Gasteiger partial charge on any atom is 0.0377 e. The number of thioether (sulfide) groups is 1. The van der Waals surface area contributed by atoms with Gasteiger partial charge in [0.15, 0.2) is 0 Å². The second-order valence-corrected chi connectivity index (χ2v) is 6.77. The lowest BCUT2D eigenvalue weighted by atomic mass is 10.1. The summed E-state index contributed by atoms with van der Waals surface area (Å²) in [6, 6.07) is 7.13. The molecule has 2 rings (SSSR count). The fraction of sp³-hybridized carbons (Fsp3) is 0.538. The first-order chi connectivity index (χ1) is 7.66. The molecule has 3 heteroatoms. The summed E-state index contributed by atoms with van der Waals surface area (Å²) in [4.78, 5) is 0. The van der Waals surface area contributed by atoms with E-state index in [1.165, 1.54) is 34.3 Å². The van der Waals surface area contributed by atoms with Crippen LogP contribution in [0.5, 0.6) is 0 Å². The van der Waals surface area contributed by atoms with Crippen molar-refractivity contribution in [1.29, 1.82) is 0 Å². The largest absolute Gasteiger partial charge is 0.381 e. The van der Waals surface area contributed by atoms with Crippen LogP contribution in [0.1, 0.15) is 25.3 Å². The second kappa shape index (κ2) is 5.46. The number of rotatable bonds is 2. The summed E-state index contributed by atoms with van der Waals surface area (Å²) in [6.07, 6.45) is 2.62. The molecule has 0 aliphatic carbocycles. The molecule has 1 aliphatic heterocycles. The van der Waals surface area contributed by atoms with Gasteiger partial charge >= 0.3 is 0 Å². The van der Waals surface area contributed by atoms with Gasteiger partial charge in [-0.05, 0) is 43.2 Å². The Hall–Kier alpha value is -0.150. The van der Waals surface area contributed by atoms with Crippen molar-refractivity contribution in [2.75, 3.05) is 11.1 Å². The van der Waals surface area contributed by atoms with Gasteiger partial charge in [-0.25, -0.2) is 0 Å². The molecule has 1 saturated heterocycles. The van der Waals surface area contributed by atoms with Gasteiger partial charge in [0.25, 0.3) is 0 Å². The minimum atomic E-state index is 0.619. The van der Waals surface area contributed by atoms with E-state index in [-0.39, 0.29) is 0 Å². The van der Waals surface area contributed by atoms with Gasteiger partial charge < -0.3 is 5.32 Å². The van der Waals surface area contributed by atoms with Crippen LogP contribution >= 0.6 is 27.7 Å². The maximum atomic E-state index is 3.65. The second-order valence-electron chi connectivity index (χ2n) is 4.43. The predicted molar refractivity (Wildman–Crippen MR) is 77.4 cm³/mol. The quantitative estimate of drug-likeness (QED) is 0.866. The molecule has 16 heavy (non-hydrogen) atoms. The van der Waals surface area contributed by atoms with Crippen LogP contribution in [0.3, 0.4) is 0 Å². The number of benzene rings is 1. The highest BCUT2D eigenvalue weighted by atomic mass is 79.9. The van der Waals surface area contributed by atoms with Crippen molar-refractivity contribution in [3.05, 3.63) is 28.2 Å². The smallest absolute Gasteiger partial charge is 0.0377 e. The Bertz CT molecular complexity index is 367. The molecule has 2 unspecified atom stereocenters. The molecule has 1 N–H and O–H groups in total. The lowest BCUT2D eigenvalue weighted by Gasteiger charge is -2.30. The highest BCUT2D eigenvalue weighted by Crippen LogP contribution is 2.29. The summed E-state index contributed by atoms with van der Waals surface area (Å²) in [6.45, 7) is 4.44. The van der Waals surface area contributed by atoms with Gasteiger partial charge in [0.05, 0.1) is 0 Å². The van der Waals surface area contributed by atoms with Gasteiger partial charge in [0.1, 0.15) is 0 Å². The van der Waals surface area contributed by atoms with Crippen molar-refractivity contribution in [2.24, 2.45) is 0 Å². The van der Waals surface area contributed by atoms with Crippen LogP contribution in [0.15, 0.2) is 22.7 Å². The SMILES string of the molecule is Cc1ccc(NC2CCCSC2C)cc1Br. The number of halogens is 1. The van der Waals surface area contributed by atoms with Gasteiger partial charge in [0, 0.05) is 21.5 Å². The fourth-order valence-corrected chi connectivity index (χ4v) is 3.53. The minimum Gasteiger partial charge on any atom is -0.381 e. The summed E-state index contributed by atoms with van der Waals surface area (Å²) >= 11 is 5.66. The zero-order chi connectivity index (χ0) is 11.5. The average Bonchev–Trinajstić information content (AvgIpc) is 2.27. The van der Waals surface area contributed by atoms with E-state index in [0.717, 1.165) is 0 Å². The van der Waals surface area contributed by atoms with E-state index < -0.39 is 0 Å². The zero-order valence-corrected chi connectivity index (χ0v) is 12.2. The Morgan fingerprint density at radius 2 is 2.25 bits per heavy atom. The molecule has 0 amide bonds. The number of anilines is 1. The molecule has 1 aromatic carbocycles. The zero-order valence-electron chi connectivity index (χ0n) is 9.79. The van der Waals surface area contributed by atoms with Gasteiger partial charge in [-0.3, -0.25) is 0 Å². The van der Waals surface area contributed by atoms with Crippen molar-refractivity contribution in [3.63, 3.8) is 0 Å². The van der Waals surface area contributed by atoms with Gasteiger partial charge in [-0.2, -0.15) is 11.8 Å². The normalized spacial score (nSPS) is 25.4. The van der Waals surface area contributed by atoms with E-state index in [4.69, 9.17) is 0 Å². The highest BCUT2D eigenvalue weighted by Gasteiger charge is 2.21. The Kier molecular flexibility index (Phi) is 4.20. The third kappa shape index (κ3) is 2.95. The minimum absolute atomic E-state index is 0.619. The molecule has 88 valence electrons. The molecule has 0 radical (unpaired) electrons. The summed E-state index contributed by atoms with van der Waals surface area (Å²) < 4.78 is 1.19. The molecule has 1 heterocycles. The first-order valence-corrected chi connectivity index (χ1v) is 7.65. The molecular formula is C13H18BrNS. The first-order valence-electron chi connectivity index (χ1n) is 5.81. The summed E-state index contributed by atoms with van der Waals surface area (Å²) in [5.74, 6) is 1.32. The molecular weight excluding hydrogens is 282 g/mol. The number of hydrogen-bond acceptors (Lipinski definition) is 2. The van der Waals surface area contributed by atoms with Crippen LogP contribution in [-0.4, -0.2) is 17.0 Å². The average molecular weight is 300 g/mol. The van der Waals surface area contributed by atoms with Gasteiger partial charge in [-0.1, -0.05) is 28.9 Å². The van der Waals surface area contributed by atoms with E-state index in [9.17, 15) is 0 Å². The van der Waals surface area contributed by atoms with Crippen LogP contribution in [-0.2, 0) is 0 Å². The van der Waals surface area contributed by atoms with Crippen molar-refractivity contribution < 1.29 is 0 Å². The van der Waals surface area contributed by atoms with Crippen molar-refractivity contribution in [1.82, 2.24) is 0 Å². The number of aryl methyl sites for hydroxylation is 1. The van der Waals surface area contributed by atoms with E-state index in [1.54, 1.807) is 0 Å². The molecule has 0 saturated carbocycles. The third-order valence-corrected chi connectivity index (χ3v) is 5.36. The van der Waals surface area contributed by atoms with Crippen LogP contribution in [0, 0.1) is 6.92 Å². The summed E-state index contributed by atoms with van der Waals surface area (Å²) in [5, 5.41) is 4.36. The van der Waals surface area contributed by atoms with E-state index >= 15 is 0 Å². The summed E-state index contributed by atoms with van der Waals surface area (Å²) in [7, 11) is 0. The van der Waals surface area contributed by atoms with Crippen LogP contribution in [0.2, 0.25) is 0 Å². The van der Waals surface area contributed by atoms with Gasteiger partial charge in [-0.15, -0.1) is 0 Å². The van der Waals surface area contributed by atoms with Crippen molar-refractivity contribution in [2.45, 2.75) is 38.0 Å². The molecule has 1 aromatic rings. The number of hydrogen-bond donors (Lipinski definition) is 1. The number of nitrogens with one attached hydrogen (secondary N) is 1. The van der Waals surface area contributed by atoms with Crippen LogP contribution < -0.4 is 5.32 Å².